The molecule has 0 unspecified atom stereocenters. The molecular weight excluding hydrogens is 462 g/mol. The third-order valence-electron chi connectivity index (χ3n) is 5.84. The molecule has 1 aliphatic heterocycles. The fourth-order valence-electron chi connectivity index (χ4n) is 4.11. The average Bonchev–Trinajstić information content (AvgIpc) is 3.44. The van der Waals surface area contributed by atoms with Crippen molar-refractivity contribution >= 4 is 45.6 Å². The van der Waals surface area contributed by atoms with Gasteiger partial charge in [-0.05, 0) is 67.8 Å². The average molecular weight is 492 g/mol. The minimum atomic E-state index is -0.309. The Kier molecular flexibility index (Phi) is 7.55. The van der Waals surface area contributed by atoms with Crippen LogP contribution in [0.4, 0.5) is 16.5 Å². The second-order valence-corrected chi connectivity index (χ2v) is 9.89. The standard InChI is InChI=1S/C26H29N5O3S/c1-4-5-6-22(32)27-20-9-7-18(8-10-20)24(34)28-26-30-29-25(35-26)19-14-23(33)31(15-19)21-12-16(2)11-17(3)13-21/h7-13,19H,4-6,14-15H2,1-3H3,(H,27,32)(H,28,30,34)/t19-/m0/s1. The van der Waals surface area contributed by atoms with Gasteiger partial charge in [0.1, 0.15) is 5.01 Å². The summed E-state index contributed by atoms with van der Waals surface area (Å²) in [4.78, 5) is 39.0. The normalized spacial score (nSPS) is 15.3. The molecule has 0 aliphatic carbocycles. The number of nitrogens with zero attached hydrogens (tertiary/aromatic N) is 3. The first-order chi connectivity index (χ1) is 16.8. The number of aromatic nitrogens is 2. The highest BCUT2D eigenvalue weighted by Gasteiger charge is 2.34. The van der Waals surface area contributed by atoms with Crippen molar-refractivity contribution < 1.29 is 14.4 Å². The summed E-state index contributed by atoms with van der Waals surface area (Å²) in [5.41, 5.74) is 4.23. The van der Waals surface area contributed by atoms with Crippen LogP contribution in [0, 0.1) is 13.8 Å². The van der Waals surface area contributed by atoms with Gasteiger partial charge >= 0.3 is 0 Å². The van der Waals surface area contributed by atoms with Crippen LogP contribution in [0.15, 0.2) is 42.5 Å². The molecule has 9 heteroatoms. The molecule has 3 aromatic rings. The van der Waals surface area contributed by atoms with Crippen LogP contribution >= 0.6 is 11.3 Å². The van der Waals surface area contributed by atoms with Crippen LogP contribution in [-0.4, -0.2) is 34.5 Å². The Morgan fingerprint density at radius 3 is 2.46 bits per heavy atom. The van der Waals surface area contributed by atoms with Gasteiger partial charge in [0.2, 0.25) is 16.9 Å². The molecule has 1 aromatic heterocycles. The quantitative estimate of drug-likeness (QED) is 0.459. The molecule has 3 amide bonds. The third-order valence-corrected chi connectivity index (χ3v) is 6.84. The van der Waals surface area contributed by atoms with Gasteiger partial charge < -0.3 is 10.2 Å². The van der Waals surface area contributed by atoms with Crippen LogP contribution in [0.25, 0.3) is 0 Å². The summed E-state index contributed by atoms with van der Waals surface area (Å²) in [5.74, 6) is -0.354. The lowest BCUT2D eigenvalue weighted by Gasteiger charge is -2.17. The second-order valence-electron chi connectivity index (χ2n) is 8.88. The number of carbonyl (C=O) groups is 3. The first-order valence-corrected chi connectivity index (χ1v) is 12.6. The molecule has 2 N–H and O–H groups in total. The van der Waals surface area contributed by atoms with E-state index in [0.29, 0.717) is 35.8 Å². The van der Waals surface area contributed by atoms with Crippen molar-refractivity contribution in [1.29, 1.82) is 0 Å². The first kappa shape index (κ1) is 24.5. The van der Waals surface area contributed by atoms with Crippen molar-refractivity contribution in [2.24, 2.45) is 0 Å². The molecule has 0 bridgehead atoms. The van der Waals surface area contributed by atoms with Crippen LogP contribution in [0.3, 0.4) is 0 Å². The van der Waals surface area contributed by atoms with Gasteiger partial charge in [-0.15, -0.1) is 10.2 Å². The van der Waals surface area contributed by atoms with Crippen molar-refractivity contribution in [3.05, 3.63) is 64.2 Å². The van der Waals surface area contributed by atoms with Crippen molar-refractivity contribution in [2.75, 3.05) is 22.1 Å². The summed E-state index contributed by atoms with van der Waals surface area (Å²) in [6.45, 7) is 6.61. The Morgan fingerprint density at radius 1 is 1.06 bits per heavy atom. The SMILES string of the molecule is CCCCC(=O)Nc1ccc(C(=O)Nc2nnc([C@H]3CC(=O)N(c4cc(C)cc(C)c4)C3)s2)cc1. The first-order valence-electron chi connectivity index (χ1n) is 11.8. The summed E-state index contributed by atoms with van der Waals surface area (Å²) < 4.78 is 0. The Hall–Kier alpha value is -3.59. The largest absolute Gasteiger partial charge is 0.326 e. The highest BCUT2D eigenvalue weighted by molar-refractivity contribution is 7.15. The maximum absolute atomic E-state index is 12.7. The number of carbonyl (C=O) groups excluding carboxylic acids is 3. The summed E-state index contributed by atoms with van der Waals surface area (Å²) in [5, 5.41) is 15.1. The van der Waals surface area contributed by atoms with Gasteiger partial charge in [0.15, 0.2) is 0 Å². The van der Waals surface area contributed by atoms with Gasteiger partial charge in [0.25, 0.3) is 5.91 Å². The molecule has 0 saturated carbocycles. The molecule has 2 aromatic carbocycles. The van der Waals surface area contributed by atoms with E-state index in [1.54, 1.807) is 29.2 Å². The number of amides is 3. The monoisotopic (exact) mass is 491 g/mol. The fourth-order valence-corrected chi connectivity index (χ4v) is 4.94. The zero-order valence-corrected chi connectivity index (χ0v) is 20.9. The number of rotatable bonds is 8. The Bertz CT molecular complexity index is 1220. The smallest absolute Gasteiger partial charge is 0.257 e. The Balaban J connectivity index is 1.36. The van der Waals surface area contributed by atoms with Gasteiger partial charge in [-0.2, -0.15) is 0 Å². The molecule has 2 heterocycles. The van der Waals surface area contributed by atoms with Crippen molar-refractivity contribution in [1.82, 2.24) is 10.2 Å². The number of anilines is 3. The number of aryl methyl sites for hydroxylation is 2. The van der Waals surface area contributed by atoms with Crippen molar-refractivity contribution in [2.45, 2.75) is 52.4 Å². The number of hydrogen-bond acceptors (Lipinski definition) is 6. The summed E-state index contributed by atoms with van der Waals surface area (Å²) in [6, 6.07) is 12.8. The third kappa shape index (κ3) is 6.10. The van der Waals surface area contributed by atoms with E-state index in [1.807, 2.05) is 32.9 Å². The zero-order chi connectivity index (χ0) is 24.9. The molecule has 1 atom stereocenters. The van der Waals surface area contributed by atoms with E-state index in [2.05, 4.69) is 26.9 Å². The maximum Gasteiger partial charge on any atom is 0.257 e. The van der Waals surface area contributed by atoms with E-state index in [0.717, 1.165) is 34.7 Å². The molecule has 35 heavy (non-hydrogen) atoms. The summed E-state index contributed by atoms with van der Waals surface area (Å²) in [7, 11) is 0. The van der Waals surface area contributed by atoms with Crippen LogP contribution in [0.5, 0.6) is 0 Å². The van der Waals surface area contributed by atoms with Gasteiger partial charge in [-0.3, -0.25) is 19.7 Å². The zero-order valence-electron chi connectivity index (χ0n) is 20.1. The van der Waals surface area contributed by atoms with E-state index < -0.39 is 0 Å². The minimum Gasteiger partial charge on any atom is -0.326 e. The molecule has 1 saturated heterocycles. The fraction of sp³-hybridized carbons (Fsp3) is 0.346. The maximum atomic E-state index is 12.7. The Labute approximate surface area is 208 Å². The number of nitrogens with one attached hydrogen (secondary N) is 2. The second kappa shape index (κ2) is 10.8. The van der Waals surface area contributed by atoms with Crippen molar-refractivity contribution in [3.8, 4) is 0 Å². The lowest BCUT2D eigenvalue weighted by molar-refractivity contribution is -0.117. The molecule has 8 nitrogen and oxygen atoms in total. The number of hydrogen-bond donors (Lipinski definition) is 2. The van der Waals surface area contributed by atoms with Gasteiger partial charge in [0.05, 0.1) is 0 Å². The molecule has 0 spiro atoms. The molecule has 0 radical (unpaired) electrons. The predicted octanol–water partition coefficient (Wildman–Crippen LogP) is 5.06. The Morgan fingerprint density at radius 2 is 1.77 bits per heavy atom. The summed E-state index contributed by atoms with van der Waals surface area (Å²) >= 11 is 1.29. The van der Waals surface area contributed by atoms with Crippen LogP contribution in [0.1, 0.15) is 65.0 Å². The predicted molar refractivity (Wildman–Crippen MR) is 138 cm³/mol. The lowest BCUT2D eigenvalue weighted by atomic mass is 10.1. The van der Waals surface area contributed by atoms with Gasteiger partial charge in [0, 0.05) is 42.2 Å². The van der Waals surface area contributed by atoms with E-state index in [4.69, 9.17) is 0 Å². The lowest BCUT2D eigenvalue weighted by Crippen LogP contribution is -2.24. The van der Waals surface area contributed by atoms with Crippen molar-refractivity contribution in [3.63, 3.8) is 0 Å². The topological polar surface area (TPSA) is 104 Å². The van der Waals surface area contributed by atoms with Crippen LogP contribution < -0.4 is 15.5 Å². The highest BCUT2D eigenvalue weighted by Crippen LogP contribution is 2.35. The van der Waals surface area contributed by atoms with Gasteiger partial charge in [-0.25, -0.2) is 0 Å². The van der Waals surface area contributed by atoms with E-state index >= 15 is 0 Å². The molecular formula is C26H29N5O3S. The highest BCUT2D eigenvalue weighted by atomic mass is 32.1. The minimum absolute atomic E-state index is 0.0352. The molecule has 4 rings (SSSR count). The van der Waals surface area contributed by atoms with Gasteiger partial charge in [-0.1, -0.05) is 30.7 Å². The number of benzene rings is 2. The molecule has 1 aliphatic rings. The van der Waals surface area contributed by atoms with Crippen LogP contribution in [-0.2, 0) is 9.59 Å². The van der Waals surface area contributed by atoms with E-state index in [9.17, 15) is 14.4 Å². The van der Waals surface area contributed by atoms with E-state index in [-0.39, 0.29) is 23.6 Å². The molecule has 1 fully saturated rings. The summed E-state index contributed by atoms with van der Waals surface area (Å²) in [6.07, 6.45) is 2.64. The number of unbranched alkanes of at least 4 members (excludes halogenated alkanes) is 1. The van der Waals surface area contributed by atoms with E-state index in [1.165, 1.54) is 11.3 Å². The molecule has 182 valence electrons. The van der Waals surface area contributed by atoms with Crippen LogP contribution in [0.2, 0.25) is 0 Å².